The lowest BCUT2D eigenvalue weighted by molar-refractivity contribution is 0.0696. The van der Waals surface area contributed by atoms with E-state index in [9.17, 15) is 4.79 Å². The number of aromatic carboxylic acids is 1. The molecule has 5 nitrogen and oxygen atoms in total. The Labute approximate surface area is 82.4 Å². The molecule has 1 aromatic rings. The van der Waals surface area contributed by atoms with E-state index in [-0.39, 0.29) is 5.56 Å². The SMILES string of the molecule is CCN(C)c1nc(C)ncc1C(=O)O. The van der Waals surface area contributed by atoms with Crippen molar-refractivity contribution in [2.75, 3.05) is 18.5 Å². The third kappa shape index (κ3) is 1.99. The zero-order chi connectivity index (χ0) is 10.7. The van der Waals surface area contributed by atoms with Crippen LogP contribution in [0.2, 0.25) is 0 Å². The molecule has 1 heterocycles. The molecule has 1 N–H and O–H groups in total. The first-order valence-electron chi connectivity index (χ1n) is 4.34. The van der Waals surface area contributed by atoms with Gasteiger partial charge in [0.05, 0.1) is 0 Å². The standard InChI is InChI=1S/C9H13N3O2/c1-4-12(3)8-7(9(13)14)5-10-6(2)11-8/h5H,4H2,1-3H3,(H,13,14). The highest BCUT2D eigenvalue weighted by molar-refractivity contribution is 5.92. The smallest absolute Gasteiger partial charge is 0.341 e. The van der Waals surface area contributed by atoms with Crippen molar-refractivity contribution in [3.05, 3.63) is 17.6 Å². The van der Waals surface area contributed by atoms with Gasteiger partial charge in [-0.2, -0.15) is 0 Å². The minimum absolute atomic E-state index is 0.139. The van der Waals surface area contributed by atoms with Crippen LogP contribution in [0.15, 0.2) is 6.20 Å². The van der Waals surface area contributed by atoms with Crippen molar-refractivity contribution in [1.82, 2.24) is 9.97 Å². The van der Waals surface area contributed by atoms with Crippen LogP contribution < -0.4 is 4.90 Å². The van der Waals surface area contributed by atoms with Crippen LogP contribution in [-0.4, -0.2) is 34.6 Å². The molecule has 0 amide bonds. The van der Waals surface area contributed by atoms with Crippen LogP contribution in [0.5, 0.6) is 0 Å². The third-order valence-corrected chi connectivity index (χ3v) is 1.96. The molecule has 1 rings (SSSR count). The molecular formula is C9H13N3O2. The molecule has 0 fully saturated rings. The molecular weight excluding hydrogens is 182 g/mol. The van der Waals surface area contributed by atoms with Gasteiger partial charge in [-0.25, -0.2) is 14.8 Å². The summed E-state index contributed by atoms with van der Waals surface area (Å²) in [4.78, 5) is 20.6. The number of aromatic nitrogens is 2. The predicted molar refractivity (Wildman–Crippen MR) is 52.7 cm³/mol. The molecule has 1 aromatic heterocycles. The fraction of sp³-hybridized carbons (Fsp3) is 0.444. The first-order chi connectivity index (χ1) is 6.56. The number of carboxylic acids is 1. The van der Waals surface area contributed by atoms with E-state index in [1.54, 1.807) is 18.9 Å². The van der Waals surface area contributed by atoms with Crippen LogP contribution in [0.4, 0.5) is 5.82 Å². The van der Waals surface area contributed by atoms with Crippen molar-refractivity contribution in [2.45, 2.75) is 13.8 Å². The molecule has 14 heavy (non-hydrogen) atoms. The average molecular weight is 195 g/mol. The topological polar surface area (TPSA) is 66.3 Å². The Morgan fingerprint density at radius 3 is 2.79 bits per heavy atom. The lowest BCUT2D eigenvalue weighted by Gasteiger charge is -2.17. The Morgan fingerprint density at radius 2 is 2.29 bits per heavy atom. The minimum Gasteiger partial charge on any atom is -0.477 e. The number of carbonyl (C=O) groups is 1. The second kappa shape index (κ2) is 4.04. The van der Waals surface area contributed by atoms with E-state index in [0.29, 0.717) is 18.2 Å². The fourth-order valence-corrected chi connectivity index (χ4v) is 1.05. The van der Waals surface area contributed by atoms with Gasteiger partial charge >= 0.3 is 5.97 Å². The maximum absolute atomic E-state index is 10.8. The third-order valence-electron chi connectivity index (χ3n) is 1.96. The predicted octanol–water partition coefficient (Wildman–Crippen LogP) is 0.939. The van der Waals surface area contributed by atoms with Gasteiger partial charge in [-0.05, 0) is 13.8 Å². The number of anilines is 1. The maximum Gasteiger partial charge on any atom is 0.341 e. The van der Waals surface area contributed by atoms with Gasteiger partial charge in [-0.1, -0.05) is 0 Å². The van der Waals surface area contributed by atoms with Crippen molar-refractivity contribution >= 4 is 11.8 Å². The summed E-state index contributed by atoms with van der Waals surface area (Å²) in [6.07, 6.45) is 1.34. The number of carboxylic acid groups (broad SMARTS) is 1. The van der Waals surface area contributed by atoms with Crippen LogP contribution >= 0.6 is 0 Å². The van der Waals surface area contributed by atoms with Gasteiger partial charge in [0.25, 0.3) is 0 Å². The minimum atomic E-state index is -1.000. The molecule has 5 heteroatoms. The van der Waals surface area contributed by atoms with E-state index in [0.717, 1.165) is 0 Å². The Kier molecular flexibility index (Phi) is 3.01. The highest BCUT2D eigenvalue weighted by Crippen LogP contribution is 2.15. The summed E-state index contributed by atoms with van der Waals surface area (Å²) in [6.45, 7) is 4.37. The summed E-state index contributed by atoms with van der Waals surface area (Å²) in [5, 5.41) is 8.89. The van der Waals surface area contributed by atoms with Crippen LogP contribution in [0.25, 0.3) is 0 Å². The normalized spacial score (nSPS) is 9.93. The molecule has 0 aliphatic rings. The van der Waals surface area contributed by atoms with Gasteiger partial charge in [0, 0.05) is 19.8 Å². The van der Waals surface area contributed by atoms with Crippen molar-refractivity contribution in [2.24, 2.45) is 0 Å². The molecule has 0 radical (unpaired) electrons. The Hall–Kier alpha value is -1.65. The fourth-order valence-electron chi connectivity index (χ4n) is 1.05. The molecule has 0 unspecified atom stereocenters. The van der Waals surface area contributed by atoms with Crippen LogP contribution in [-0.2, 0) is 0 Å². The van der Waals surface area contributed by atoms with E-state index < -0.39 is 5.97 Å². The van der Waals surface area contributed by atoms with E-state index in [4.69, 9.17) is 5.11 Å². The van der Waals surface area contributed by atoms with E-state index >= 15 is 0 Å². The Morgan fingerprint density at radius 1 is 1.64 bits per heavy atom. The Bertz CT molecular complexity index is 352. The number of hydrogen-bond acceptors (Lipinski definition) is 4. The zero-order valence-corrected chi connectivity index (χ0v) is 8.48. The molecule has 0 saturated carbocycles. The Balaban J connectivity index is 3.22. The average Bonchev–Trinajstić information content (AvgIpc) is 2.16. The summed E-state index contributed by atoms with van der Waals surface area (Å²) >= 11 is 0. The van der Waals surface area contributed by atoms with Gasteiger partial charge in [0.2, 0.25) is 0 Å². The van der Waals surface area contributed by atoms with Crippen LogP contribution in [0, 0.1) is 6.92 Å². The monoisotopic (exact) mass is 195 g/mol. The van der Waals surface area contributed by atoms with Crippen molar-refractivity contribution in [1.29, 1.82) is 0 Å². The van der Waals surface area contributed by atoms with E-state index in [1.165, 1.54) is 6.20 Å². The van der Waals surface area contributed by atoms with Gasteiger partial charge < -0.3 is 10.0 Å². The summed E-state index contributed by atoms with van der Waals surface area (Å²) in [5.74, 6) is 0.0399. The maximum atomic E-state index is 10.8. The molecule has 0 atom stereocenters. The molecule has 0 saturated heterocycles. The van der Waals surface area contributed by atoms with Gasteiger partial charge in [-0.15, -0.1) is 0 Å². The summed E-state index contributed by atoms with van der Waals surface area (Å²) < 4.78 is 0. The van der Waals surface area contributed by atoms with Crippen LogP contribution in [0.3, 0.4) is 0 Å². The van der Waals surface area contributed by atoms with Crippen LogP contribution in [0.1, 0.15) is 23.1 Å². The lowest BCUT2D eigenvalue weighted by Crippen LogP contribution is -2.21. The molecule has 0 aliphatic carbocycles. The molecule has 76 valence electrons. The lowest BCUT2D eigenvalue weighted by atomic mass is 10.3. The van der Waals surface area contributed by atoms with Crippen molar-refractivity contribution in [3.63, 3.8) is 0 Å². The molecule has 0 aliphatic heterocycles. The zero-order valence-electron chi connectivity index (χ0n) is 8.48. The van der Waals surface area contributed by atoms with Crippen molar-refractivity contribution < 1.29 is 9.90 Å². The molecule has 0 aromatic carbocycles. The van der Waals surface area contributed by atoms with Gasteiger partial charge in [0.15, 0.2) is 0 Å². The number of nitrogens with zero attached hydrogens (tertiary/aromatic N) is 3. The second-order valence-corrected chi connectivity index (χ2v) is 2.97. The summed E-state index contributed by atoms with van der Waals surface area (Å²) in [5.41, 5.74) is 0.139. The van der Waals surface area contributed by atoms with Crippen molar-refractivity contribution in [3.8, 4) is 0 Å². The van der Waals surface area contributed by atoms with E-state index in [1.807, 2.05) is 6.92 Å². The van der Waals surface area contributed by atoms with E-state index in [2.05, 4.69) is 9.97 Å². The largest absolute Gasteiger partial charge is 0.477 e. The second-order valence-electron chi connectivity index (χ2n) is 2.97. The summed E-state index contributed by atoms with van der Waals surface area (Å²) in [7, 11) is 1.80. The highest BCUT2D eigenvalue weighted by atomic mass is 16.4. The van der Waals surface area contributed by atoms with Gasteiger partial charge in [0.1, 0.15) is 17.2 Å². The molecule has 0 spiro atoms. The number of hydrogen-bond donors (Lipinski definition) is 1. The summed E-state index contributed by atoms with van der Waals surface area (Å²) in [6, 6.07) is 0. The number of aryl methyl sites for hydroxylation is 1. The first kappa shape index (κ1) is 10.4. The quantitative estimate of drug-likeness (QED) is 0.777. The first-order valence-corrected chi connectivity index (χ1v) is 4.34. The molecule has 0 bridgehead atoms. The highest BCUT2D eigenvalue weighted by Gasteiger charge is 2.14. The van der Waals surface area contributed by atoms with Gasteiger partial charge in [-0.3, -0.25) is 0 Å². The number of rotatable bonds is 3.